The summed E-state index contributed by atoms with van der Waals surface area (Å²) in [6, 6.07) is 4.99. The average Bonchev–Trinajstić information content (AvgIpc) is 2.39. The van der Waals surface area contributed by atoms with Gasteiger partial charge in [-0.15, -0.1) is 0 Å². The van der Waals surface area contributed by atoms with Crippen molar-refractivity contribution in [2.24, 2.45) is 5.41 Å². The van der Waals surface area contributed by atoms with Crippen LogP contribution in [0.2, 0.25) is 0 Å². The van der Waals surface area contributed by atoms with E-state index in [1.54, 1.807) is 25.1 Å². The summed E-state index contributed by atoms with van der Waals surface area (Å²) in [5.41, 5.74) is 0.463. The lowest BCUT2D eigenvalue weighted by Gasteiger charge is -2.19. The second-order valence-corrected chi connectivity index (χ2v) is 5.47. The predicted molar refractivity (Wildman–Crippen MR) is 79.2 cm³/mol. The van der Waals surface area contributed by atoms with E-state index >= 15 is 0 Å². The molecule has 1 rings (SSSR count). The number of carboxylic acids is 1. The van der Waals surface area contributed by atoms with Crippen LogP contribution in [-0.2, 0) is 9.59 Å². The molecule has 114 valence electrons. The lowest BCUT2D eigenvalue weighted by molar-refractivity contribution is -0.148. The Bertz CT molecular complexity index is 579. The molecule has 0 aliphatic heterocycles. The summed E-state index contributed by atoms with van der Waals surface area (Å²) in [4.78, 5) is 34.7. The number of hydrogen-bond acceptors (Lipinski definition) is 3. The summed E-state index contributed by atoms with van der Waals surface area (Å²) in [5, 5.41) is 14.2. The van der Waals surface area contributed by atoms with E-state index < -0.39 is 17.3 Å². The molecule has 0 saturated carbocycles. The van der Waals surface area contributed by atoms with E-state index in [9.17, 15) is 14.4 Å². The summed E-state index contributed by atoms with van der Waals surface area (Å²) in [7, 11) is 1.53. The van der Waals surface area contributed by atoms with Crippen molar-refractivity contribution in [1.29, 1.82) is 0 Å². The number of nitrogens with one attached hydrogen (secondary N) is 2. The second kappa shape index (κ2) is 6.39. The largest absolute Gasteiger partial charge is 0.481 e. The van der Waals surface area contributed by atoms with Gasteiger partial charge >= 0.3 is 5.97 Å². The predicted octanol–water partition coefficient (Wildman–Crippen LogP) is 1.79. The quantitative estimate of drug-likeness (QED) is 0.771. The fraction of sp³-hybridized carbons (Fsp3) is 0.400. The van der Waals surface area contributed by atoms with Gasteiger partial charge in [0.15, 0.2) is 0 Å². The molecule has 0 heterocycles. The van der Waals surface area contributed by atoms with Gasteiger partial charge in [0.2, 0.25) is 5.91 Å². The summed E-state index contributed by atoms with van der Waals surface area (Å²) < 4.78 is 0. The number of aliphatic carboxylic acids is 1. The van der Waals surface area contributed by atoms with Crippen LogP contribution < -0.4 is 10.6 Å². The maximum absolute atomic E-state index is 12.0. The summed E-state index contributed by atoms with van der Waals surface area (Å²) in [5.74, 6) is -1.68. The van der Waals surface area contributed by atoms with E-state index in [4.69, 9.17) is 5.11 Å². The number of amides is 2. The first-order chi connectivity index (χ1) is 9.69. The highest BCUT2D eigenvalue weighted by molar-refractivity contribution is 5.99. The van der Waals surface area contributed by atoms with Gasteiger partial charge in [0.25, 0.3) is 5.91 Å². The lowest BCUT2D eigenvalue weighted by Crippen LogP contribution is -2.30. The van der Waals surface area contributed by atoms with Gasteiger partial charge in [-0.3, -0.25) is 14.4 Å². The zero-order valence-corrected chi connectivity index (χ0v) is 12.6. The fourth-order valence-corrected chi connectivity index (χ4v) is 1.82. The Morgan fingerprint density at radius 2 is 1.86 bits per heavy atom. The zero-order chi connectivity index (χ0) is 16.2. The third-order valence-electron chi connectivity index (χ3n) is 3.26. The van der Waals surface area contributed by atoms with Crippen LogP contribution in [0.25, 0.3) is 0 Å². The molecule has 0 atom stereocenters. The fourth-order valence-electron chi connectivity index (χ4n) is 1.82. The minimum Gasteiger partial charge on any atom is -0.481 e. The molecule has 0 fully saturated rings. The Balaban J connectivity index is 2.92. The number of carbonyl (C=O) groups is 3. The molecular formula is C15H20N2O4. The van der Waals surface area contributed by atoms with Gasteiger partial charge in [0.1, 0.15) is 0 Å². The van der Waals surface area contributed by atoms with Crippen LogP contribution in [0.4, 0.5) is 5.69 Å². The molecule has 0 radical (unpaired) electrons. The van der Waals surface area contributed by atoms with Crippen molar-refractivity contribution in [3.05, 3.63) is 29.3 Å². The third-order valence-corrected chi connectivity index (χ3v) is 3.26. The third kappa shape index (κ3) is 4.05. The van der Waals surface area contributed by atoms with E-state index in [0.717, 1.165) is 0 Å². The first-order valence-electron chi connectivity index (χ1n) is 6.54. The normalized spacial score (nSPS) is 10.9. The zero-order valence-electron chi connectivity index (χ0n) is 12.6. The molecule has 2 amide bonds. The van der Waals surface area contributed by atoms with Crippen LogP contribution in [-0.4, -0.2) is 29.9 Å². The van der Waals surface area contributed by atoms with Crippen LogP contribution >= 0.6 is 0 Å². The van der Waals surface area contributed by atoms with Crippen molar-refractivity contribution in [2.45, 2.75) is 27.2 Å². The van der Waals surface area contributed by atoms with Crippen LogP contribution in [0.15, 0.2) is 18.2 Å². The monoisotopic (exact) mass is 292 g/mol. The standard InChI is InChI=1S/C15H20N2O4/c1-9-10(13(19)16-4)6-5-7-11(9)17-12(18)8-15(2,3)14(20)21/h5-7H,8H2,1-4H3,(H,16,19)(H,17,18)(H,20,21). The first-order valence-corrected chi connectivity index (χ1v) is 6.54. The molecule has 0 bridgehead atoms. The van der Waals surface area contributed by atoms with E-state index in [1.807, 2.05) is 0 Å². The van der Waals surface area contributed by atoms with Crippen LogP contribution in [0.3, 0.4) is 0 Å². The molecule has 6 heteroatoms. The molecule has 0 aliphatic carbocycles. The van der Waals surface area contributed by atoms with E-state index in [0.29, 0.717) is 16.8 Å². The Hall–Kier alpha value is -2.37. The smallest absolute Gasteiger partial charge is 0.309 e. The lowest BCUT2D eigenvalue weighted by atomic mass is 9.89. The molecule has 1 aromatic rings. The Labute approximate surface area is 123 Å². The molecule has 0 aliphatic rings. The topological polar surface area (TPSA) is 95.5 Å². The van der Waals surface area contributed by atoms with Gasteiger partial charge in [-0.1, -0.05) is 6.07 Å². The van der Waals surface area contributed by atoms with Gasteiger partial charge in [0.05, 0.1) is 5.41 Å². The summed E-state index contributed by atoms with van der Waals surface area (Å²) >= 11 is 0. The summed E-state index contributed by atoms with van der Waals surface area (Å²) in [6.45, 7) is 4.70. The van der Waals surface area contributed by atoms with Gasteiger partial charge in [-0.2, -0.15) is 0 Å². The number of carbonyl (C=O) groups excluding carboxylic acids is 2. The van der Waals surface area contributed by atoms with Gasteiger partial charge in [-0.25, -0.2) is 0 Å². The molecule has 21 heavy (non-hydrogen) atoms. The van der Waals surface area contributed by atoms with Crippen molar-refractivity contribution >= 4 is 23.5 Å². The maximum atomic E-state index is 12.0. The van der Waals surface area contributed by atoms with E-state index in [1.165, 1.54) is 20.9 Å². The van der Waals surface area contributed by atoms with Crippen molar-refractivity contribution < 1.29 is 19.5 Å². The van der Waals surface area contributed by atoms with Crippen LogP contribution in [0.1, 0.15) is 36.2 Å². The molecule has 6 nitrogen and oxygen atoms in total. The minimum absolute atomic E-state index is 0.147. The van der Waals surface area contributed by atoms with Crippen LogP contribution in [0, 0.1) is 12.3 Å². The van der Waals surface area contributed by atoms with E-state index in [-0.39, 0.29) is 12.3 Å². The minimum atomic E-state index is -1.14. The highest BCUT2D eigenvalue weighted by Gasteiger charge is 2.30. The maximum Gasteiger partial charge on any atom is 0.309 e. The highest BCUT2D eigenvalue weighted by atomic mass is 16.4. The molecule has 3 N–H and O–H groups in total. The molecule has 1 aromatic carbocycles. The van der Waals surface area contributed by atoms with Gasteiger partial charge in [0, 0.05) is 24.7 Å². The van der Waals surface area contributed by atoms with Crippen molar-refractivity contribution in [3.63, 3.8) is 0 Å². The van der Waals surface area contributed by atoms with Gasteiger partial charge < -0.3 is 15.7 Å². The number of hydrogen-bond donors (Lipinski definition) is 3. The number of carboxylic acid groups (broad SMARTS) is 1. The molecule has 0 saturated heterocycles. The number of rotatable bonds is 5. The molecule has 0 unspecified atom stereocenters. The highest BCUT2D eigenvalue weighted by Crippen LogP contribution is 2.23. The molecule has 0 aromatic heterocycles. The number of anilines is 1. The van der Waals surface area contributed by atoms with Crippen molar-refractivity contribution in [1.82, 2.24) is 5.32 Å². The first kappa shape index (κ1) is 16.7. The molecular weight excluding hydrogens is 272 g/mol. The Kier molecular flexibility index (Phi) is 5.07. The molecule has 0 spiro atoms. The SMILES string of the molecule is CNC(=O)c1cccc(NC(=O)CC(C)(C)C(=O)O)c1C. The van der Waals surface area contributed by atoms with Crippen molar-refractivity contribution in [3.8, 4) is 0 Å². The summed E-state index contributed by atoms with van der Waals surface area (Å²) in [6.07, 6.45) is -0.147. The Morgan fingerprint density at radius 1 is 1.24 bits per heavy atom. The van der Waals surface area contributed by atoms with Gasteiger partial charge in [-0.05, 0) is 38.5 Å². The van der Waals surface area contributed by atoms with Crippen molar-refractivity contribution in [2.75, 3.05) is 12.4 Å². The van der Waals surface area contributed by atoms with Crippen LogP contribution in [0.5, 0.6) is 0 Å². The average molecular weight is 292 g/mol. The second-order valence-electron chi connectivity index (χ2n) is 5.47. The van der Waals surface area contributed by atoms with E-state index in [2.05, 4.69) is 10.6 Å². The number of benzene rings is 1. The Morgan fingerprint density at radius 3 is 2.38 bits per heavy atom.